The molecule has 26 heavy (non-hydrogen) atoms. The highest BCUT2D eigenvalue weighted by molar-refractivity contribution is 5.93. The highest BCUT2D eigenvalue weighted by Gasteiger charge is 2.06. The SMILES string of the molecule is Cc1cccc(NC(=O)CCC(=O)NN=Cc2ccc(N(C)C)cc2)c1. The van der Waals surface area contributed by atoms with Crippen molar-refractivity contribution in [2.24, 2.45) is 5.10 Å². The maximum absolute atomic E-state index is 11.9. The topological polar surface area (TPSA) is 73.8 Å². The number of carbonyl (C=O) groups excluding carboxylic acids is 2. The van der Waals surface area contributed by atoms with Crippen molar-refractivity contribution in [1.29, 1.82) is 0 Å². The highest BCUT2D eigenvalue weighted by atomic mass is 16.2. The summed E-state index contributed by atoms with van der Waals surface area (Å²) in [7, 11) is 3.94. The number of benzene rings is 2. The molecule has 0 spiro atoms. The Labute approximate surface area is 153 Å². The van der Waals surface area contributed by atoms with Gasteiger partial charge in [0, 0.05) is 38.3 Å². The fourth-order valence-electron chi connectivity index (χ4n) is 2.27. The van der Waals surface area contributed by atoms with E-state index in [1.807, 2.05) is 74.4 Å². The lowest BCUT2D eigenvalue weighted by molar-refractivity contribution is -0.124. The van der Waals surface area contributed by atoms with Gasteiger partial charge in [-0.15, -0.1) is 0 Å². The summed E-state index contributed by atoms with van der Waals surface area (Å²) in [6.45, 7) is 1.95. The quantitative estimate of drug-likeness (QED) is 0.594. The molecule has 2 amide bonds. The molecule has 2 aromatic rings. The van der Waals surface area contributed by atoms with Gasteiger partial charge in [-0.25, -0.2) is 5.43 Å². The van der Waals surface area contributed by atoms with Crippen LogP contribution in [0.4, 0.5) is 11.4 Å². The van der Waals surface area contributed by atoms with Crippen molar-refractivity contribution in [2.75, 3.05) is 24.3 Å². The summed E-state index contributed by atoms with van der Waals surface area (Å²) in [6.07, 6.45) is 1.76. The molecule has 6 nitrogen and oxygen atoms in total. The average Bonchev–Trinajstić information content (AvgIpc) is 2.60. The number of anilines is 2. The number of nitrogens with zero attached hydrogens (tertiary/aromatic N) is 2. The van der Waals surface area contributed by atoms with Gasteiger partial charge in [-0.05, 0) is 42.3 Å². The predicted molar refractivity (Wildman–Crippen MR) is 106 cm³/mol. The lowest BCUT2D eigenvalue weighted by atomic mass is 10.2. The van der Waals surface area contributed by atoms with Gasteiger partial charge in [-0.1, -0.05) is 24.3 Å². The normalized spacial score (nSPS) is 10.6. The molecule has 0 aliphatic carbocycles. The number of aryl methyl sites for hydroxylation is 1. The zero-order valence-electron chi connectivity index (χ0n) is 15.3. The zero-order chi connectivity index (χ0) is 18.9. The van der Waals surface area contributed by atoms with E-state index in [2.05, 4.69) is 15.8 Å². The van der Waals surface area contributed by atoms with Crippen LogP contribution in [-0.4, -0.2) is 32.1 Å². The summed E-state index contributed by atoms with van der Waals surface area (Å²) in [5.41, 5.74) is 6.20. The largest absolute Gasteiger partial charge is 0.378 e. The molecule has 2 rings (SSSR count). The van der Waals surface area contributed by atoms with Crippen molar-refractivity contribution in [3.8, 4) is 0 Å². The number of hydrogen-bond donors (Lipinski definition) is 2. The molecule has 0 saturated heterocycles. The second-order valence-electron chi connectivity index (χ2n) is 6.20. The molecule has 2 N–H and O–H groups in total. The van der Waals surface area contributed by atoms with E-state index < -0.39 is 0 Å². The van der Waals surface area contributed by atoms with E-state index in [4.69, 9.17) is 0 Å². The molecule has 0 fully saturated rings. The van der Waals surface area contributed by atoms with Crippen LogP contribution >= 0.6 is 0 Å². The first kappa shape index (κ1) is 19.2. The molecule has 0 aliphatic heterocycles. The summed E-state index contributed by atoms with van der Waals surface area (Å²) in [4.78, 5) is 25.7. The van der Waals surface area contributed by atoms with Gasteiger partial charge in [0.25, 0.3) is 0 Å². The minimum Gasteiger partial charge on any atom is -0.378 e. The van der Waals surface area contributed by atoms with Crippen molar-refractivity contribution >= 4 is 29.4 Å². The van der Waals surface area contributed by atoms with Crippen LogP contribution in [0.1, 0.15) is 24.0 Å². The minimum absolute atomic E-state index is 0.0779. The van der Waals surface area contributed by atoms with Crippen molar-refractivity contribution in [1.82, 2.24) is 5.43 Å². The Balaban J connectivity index is 1.73. The molecule has 2 aromatic carbocycles. The highest BCUT2D eigenvalue weighted by Crippen LogP contribution is 2.11. The third-order valence-corrected chi connectivity index (χ3v) is 3.69. The number of nitrogens with one attached hydrogen (secondary N) is 2. The lowest BCUT2D eigenvalue weighted by Gasteiger charge is -2.11. The first-order valence-corrected chi connectivity index (χ1v) is 8.40. The zero-order valence-corrected chi connectivity index (χ0v) is 15.3. The van der Waals surface area contributed by atoms with E-state index in [-0.39, 0.29) is 24.7 Å². The summed E-state index contributed by atoms with van der Waals surface area (Å²) in [5.74, 6) is -0.500. The van der Waals surface area contributed by atoms with Gasteiger partial charge >= 0.3 is 0 Å². The van der Waals surface area contributed by atoms with Crippen LogP contribution in [0.25, 0.3) is 0 Å². The Morgan fingerprint density at radius 3 is 2.38 bits per heavy atom. The number of hydrazone groups is 1. The van der Waals surface area contributed by atoms with Crippen LogP contribution in [0.3, 0.4) is 0 Å². The molecule has 0 bridgehead atoms. The van der Waals surface area contributed by atoms with Crippen molar-refractivity contribution in [3.63, 3.8) is 0 Å². The van der Waals surface area contributed by atoms with Gasteiger partial charge in [-0.2, -0.15) is 5.10 Å². The summed E-state index contributed by atoms with van der Waals surface area (Å²) in [6, 6.07) is 15.3. The van der Waals surface area contributed by atoms with E-state index in [9.17, 15) is 9.59 Å². The van der Waals surface area contributed by atoms with Crippen LogP contribution in [0.15, 0.2) is 53.6 Å². The van der Waals surface area contributed by atoms with Gasteiger partial charge in [0.15, 0.2) is 0 Å². The van der Waals surface area contributed by atoms with E-state index in [0.717, 1.165) is 22.5 Å². The van der Waals surface area contributed by atoms with Crippen molar-refractivity contribution in [3.05, 3.63) is 59.7 Å². The van der Waals surface area contributed by atoms with Gasteiger partial charge < -0.3 is 10.2 Å². The Kier molecular flexibility index (Phi) is 6.91. The standard InChI is InChI=1S/C20H24N4O2/c1-15-5-4-6-17(13-15)22-19(25)11-12-20(26)23-21-14-16-7-9-18(10-8-16)24(2)3/h4-10,13-14H,11-12H2,1-3H3,(H,22,25)(H,23,26). The van der Waals surface area contributed by atoms with Crippen LogP contribution in [0.5, 0.6) is 0 Å². The number of hydrogen-bond acceptors (Lipinski definition) is 4. The van der Waals surface area contributed by atoms with Crippen LogP contribution in [-0.2, 0) is 9.59 Å². The Morgan fingerprint density at radius 1 is 1.04 bits per heavy atom. The Morgan fingerprint density at radius 2 is 1.73 bits per heavy atom. The fraction of sp³-hybridized carbons (Fsp3) is 0.250. The summed E-state index contributed by atoms with van der Waals surface area (Å²) < 4.78 is 0. The Bertz CT molecular complexity index is 783. The molecule has 0 unspecified atom stereocenters. The summed E-state index contributed by atoms with van der Waals surface area (Å²) in [5, 5.41) is 6.69. The fourth-order valence-corrected chi connectivity index (χ4v) is 2.27. The second kappa shape index (κ2) is 9.36. The summed E-state index contributed by atoms with van der Waals surface area (Å²) >= 11 is 0. The molecule has 0 heterocycles. The molecule has 0 aliphatic rings. The van der Waals surface area contributed by atoms with Gasteiger partial charge in [-0.3, -0.25) is 9.59 Å². The van der Waals surface area contributed by atoms with Crippen LogP contribution in [0, 0.1) is 6.92 Å². The van der Waals surface area contributed by atoms with Crippen molar-refractivity contribution < 1.29 is 9.59 Å². The molecular weight excluding hydrogens is 328 g/mol. The average molecular weight is 352 g/mol. The van der Waals surface area contributed by atoms with Gasteiger partial charge in [0.1, 0.15) is 0 Å². The molecule has 0 atom stereocenters. The minimum atomic E-state index is -0.300. The molecule has 0 saturated carbocycles. The first-order valence-electron chi connectivity index (χ1n) is 8.40. The van der Waals surface area contributed by atoms with Gasteiger partial charge in [0.2, 0.25) is 11.8 Å². The second-order valence-corrected chi connectivity index (χ2v) is 6.20. The molecule has 0 aromatic heterocycles. The molecule has 6 heteroatoms. The van der Waals surface area contributed by atoms with Crippen molar-refractivity contribution in [2.45, 2.75) is 19.8 Å². The monoisotopic (exact) mass is 352 g/mol. The first-order chi connectivity index (χ1) is 12.4. The number of carbonyl (C=O) groups is 2. The van der Waals surface area contributed by atoms with E-state index in [0.29, 0.717) is 0 Å². The molecule has 136 valence electrons. The molecular formula is C20H24N4O2. The van der Waals surface area contributed by atoms with E-state index in [1.54, 1.807) is 6.21 Å². The number of amides is 2. The maximum atomic E-state index is 11.9. The predicted octanol–water partition coefficient (Wildman–Crippen LogP) is 2.93. The smallest absolute Gasteiger partial charge is 0.240 e. The van der Waals surface area contributed by atoms with E-state index in [1.165, 1.54) is 0 Å². The van der Waals surface area contributed by atoms with Gasteiger partial charge in [0.05, 0.1) is 6.21 Å². The maximum Gasteiger partial charge on any atom is 0.240 e. The lowest BCUT2D eigenvalue weighted by Crippen LogP contribution is -2.20. The number of rotatable bonds is 7. The van der Waals surface area contributed by atoms with Crippen LogP contribution in [0.2, 0.25) is 0 Å². The van der Waals surface area contributed by atoms with Crippen LogP contribution < -0.4 is 15.6 Å². The Hall–Kier alpha value is -3.15. The third-order valence-electron chi connectivity index (χ3n) is 3.69. The van der Waals surface area contributed by atoms with E-state index >= 15 is 0 Å². The molecule has 0 radical (unpaired) electrons. The third kappa shape index (κ3) is 6.39.